The van der Waals surface area contributed by atoms with E-state index in [1.54, 1.807) is 18.2 Å². The summed E-state index contributed by atoms with van der Waals surface area (Å²) >= 11 is 0. The molecular weight excluding hydrogens is 679 g/mol. The molecule has 4 aromatic rings. The monoisotopic (exact) mass is 727 g/mol. The van der Waals surface area contributed by atoms with E-state index in [0.717, 1.165) is 95.1 Å². The molecule has 0 aliphatic carbocycles. The van der Waals surface area contributed by atoms with Crippen LogP contribution in [0.1, 0.15) is 56.7 Å². The molecule has 0 saturated carbocycles. The summed E-state index contributed by atoms with van der Waals surface area (Å²) in [5.74, 6) is -0.706. The van der Waals surface area contributed by atoms with Crippen LogP contribution in [0.2, 0.25) is 0 Å². The van der Waals surface area contributed by atoms with E-state index in [2.05, 4.69) is 49.3 Å². The molecule has 0 atom stereocenters. The lowest BCUT2D eigenvalue weighted by atomic mass is 10.0. The number of carbonyl (C=O) groups excluding carboxylic acids is 2. The second-order valence-electron chi connectivity index (χ2n) is 14.1. The molecule has 9 nitrogen and oxygen atoms in total. The number of piperidine rings is 1. The van der Waals surface area contributed by atoms with Gasteiger partial charge in [-0.1, -0.05) is 24.3 Å². The van der Waals surface area contributed by atoms with E-state index < -0.39 is 17.6 Å². The predicted octanol–water partition coefficient (Wildman–Crippen LogP) is 6.62. The van der Waals surface area contributed by atoms with E-state index in [4.69, 9.17) is 0 Å². The highest BCUT2D eigenvalue weighted by atomic mass is 19.4. The Kier molecular flexibility index (Phi) is 12.4. The van der Waals surface area contributed by atoms with E-state index in [-0.39, 0.29) is 12.5 Å². The Morgan fingerprint density at radius 1 is 0.811 bits per heavy atom. The number of pyridine rings is 1. The van der Waals surface area contributed by atoms with Crippen molar-refractivity contribution in [1.82, 2.24) is 25.0 Å². The molecule has 0 radical (unpaired) electrons. The maximum Gasteiger partial charge on any atom is 0.416 e. The van der Waals surface area contributed by atoms with Crippen LogP contribution in [-0.2, 0) is 19.3 Å². The Morgan fingerprint density at radius 2 is 1.55 bits per heavy atom. The quantitative estimate of drug-likeness (QED) is 0.170. The van der Waals surface area contributed by atoms with Crippen molar-refractivity contribution in [2.75, 3.05) is 76.7 Å². The Bertz CT molecular complexity index is 1870. The van der Waals surface area contributed by atoms with Gasteiger partial charge in [0, 0.05) is 94.0 Å². The molecule has 6 rings (SSSR count). The fourth-order valence-corrected chi connectivity index (χ4v) is 6.84. The first-order valence-corrected chi connectivity index (χ1v) is 18.3. The zero-order chi connectivity index (χ0) is 37.4. The molecule has 3 aromatic carbocycles. The number of likely N-dealkylation sites (N-methyl/N-ethyl adjacent to an activating group) is 2. The number of anilines is 2. The van der Waals surface area contributed by atoms with Crippen molar-refractivity contribution in [3.8, 4) is 11.3 Å². The minimum Gasteiger partial charge on any atom is -0.372 e. The van der Waals surface area contributed by atoms with Gasteiger partial charge in [-0.3, -0.25) is 19.5 Å². The zero-order valence-electron chi connectivity index (χ0n) is 30.5. The van der Waals surface area contributed by atoms with Gasteiger partial charge in [-0.2, -0.15) is 13.2 Å². The van der Waals surface area contributed by atoms with Crippen LogP contribution in [0.25, 0.3) is 11.3 Å². The summed E-state index contributed by atoms with van der Waals surface area (Å²) in [4.78, 5) is 41.0. The van der Waals surface area contributed by atoms with Crippen molar-refractivity contribution in [2.24, 2.45) is 0 Å². The number of benzene rings is 3. The highest BCUT2D eigenvalue weighted by Crippen LogP contribution is 2.33. The molecule has 3 heterocycles. The molecule has 2 fully saturated rings. The highest BCUT2D eigenvalue weighted by Gasteiger charge is 2.30. The topological polar surface area (TPSA) is 84.0 Å². The number of hydrogen-bond donors (Lipinski definition) is 2. The summed E-state index contributed by atoms with van der Waals surface area (Å²) in [5.41, 5.74) is 4.15. The molecule has 53 heavy (non-hydrogen) atoms. The van der Waals surface area contributed by atoms with Gasteiger partial charge in [0.05, 0.1) is 16.9 Å². The number of hydrogen-bond acceptors (Lipinski definition) is 7. The predicted molar refractivity (Wildman–Crippen MR) is 203 cm³/mol. The number of alkyl halides is 3. The molecule has 12 heteroatoms. The molecule has 2 amide bonds. The smallest absolute Gasteiger partial charge is 0.372 e. The van der Waals surface area contributed by atoms with Crippen LogP contribution in [0.4, 0.5) is 24.5 Å². The average molecular weight is 728 g/mol. The number of halogens is 3. The van der Waals surface area contributed by atoms with Gasteiger partial charge in [-0.25, -0.2) is 0 Å². The van der Waals surface area contributed by atoms with Crippen LogP contribution >= 0.6 is 0 Å². The number of nitrogens with one attached hydrogen (secondary N) is 2. The summed E-state index contributed by atoms with van der Waals surface area (Å²) in [6, 6.07) is 21.7. The number of nitrogens with zero attached hydrogens (tertiary/aromatic N) is 5. The largest absolute Gasteiger partial charge is 0.416 e. The van der Waals surface area contributed by atoms with Gasteiger partial charge in [0.2, 0.25) is 0 Å². The van der Waals surface area contributed by atoms with Gasteiger partial charge in [0.15, 0.2) is 0 Å². The number of piperazine rings is 1. The van der Waals surface area contributed by atoms with E-state index in [1.165, 1.54) is 24.8 Å². The molecule has 2 saturated heterocycles. The number of amides is 2. The van der Waals surface area contributed by atoms with E-state index in [0.29, 0.717) is 33.6 Å². The van der Waals surface area contributed by atoms with Crippen molar-refractivity contribution in [3.05, 3.63) is 113 Å². The lowest BCUT2D eigenvalue weighted by molar-refractivity contribution is -0.137. The summed E-state index contributed by atoms with van der Waals surface area (Å²) in [6.45, 7) is 8.78. The Labute approximate surface area is 309 Å². The molecular formula is C41H48F3N7O2. The second-order valence-corrected chi connectivity index (χ2v) is 14.1. The Hall–Kier alpha value is -4.78. The molecule has 0 spiro atoms. The Morgan fingerprint density at radius 3 is 2.32 bits per heavy atom. The SMILES string of the molecule is CN1CCN(CCN(C)Cc2cccc(C(=O)Nc3ccc(N4CCCCC4)cc3-c3cc(C(=O)NCc4cccc(C(F)(F)F)c4)ccn3)c2)CC1. The molecule has 2 aliphatic heterocycles. The van der Waals surface area contributed by atoms with E-state index in [1.807, 2.05) is 36.4 Å². The van der Waals surface area contributed by atoms with Crippen molar-refractivity contribution in [3.63, 3.8) is 0 Å². The van der Waals surface area contributed by atoms with E-state index in [9.17, 15) is 22.8 Å². The summed E-state index contributed by atoms with van der Waals surface area (Å²) in [5, 5.41) is 5.84. The molecule has 280 valence electrons. The number of rotatable bonds is 12. The lowest BCUT2D eigenvalue weighted by Crippen LogP contribution is -2.46. The third-order valence-corrected chi connectivity index (χ3v) is 10.0. The fraction of sp³-hybridized carbons (Fsp3) is 0.390. The average Bonchev–Trinajstić information content (AvgIpc) is 3.17. The van der Waals surface area contributed by atoms with Crippen LogP contribution < -0.4 is 15.5 Å². The standard InChI is InChI=1S/C41H48F3N7O2/c1-48-18-21-50(22-19-48)23-20-49(2)29-31-9-6-10-32(24-31)40(53)47-37-13-12-35(51-16-4-3-5-17-51)27-36(37)38-26-33(14-15-45-38)39(52)46-28-30-8-7-11-34(25-30)41(42,43)44/h6-15,24-27H,3-5,16-23,28-29H2,1-2H3,(H,46,52)(H,47,53). The van der Waals surface area contributed by atoms with Gasteiger partial charge < -0.3 is 25.3 Å². The second kappa shape index (κ2) is 17.4. The first kappa shape index (κ1) is 38.0. The van der Waals surface area contributed by atoms with Crippen LogP contribution in [0, 0.1) is 0 Å². The van der Waals surface area contributed by atoms with Gasteiger partial charge in [0.1, 0.15) is 0 Å². The van der Waals surface area contributed by atoms with Gasteiger partial charge in [-0.15, -0.1) is 0 Å². The van der Waals surface area contributed by atoms with Crippen molar-refractivity contribution in [2.45, 2.75) is 38.5 Å². The maximum absolute atomic E-state index is 13.8. The lowest BCUT2D eigenvalue weighted by Gasteiger charge is -2.33. The molecule has 0 bridgehead atoms. The third-order valence-electron chi connectivity index (χ3n) is 10.0. The molecule has 0 unspecified atom stereocenters. The summed E-state index contributed by atoms with van der Waals surface area (Å²) in [7, 11) is 4.26. The molecule has 2 N–H and O–H groups in total. The Balaban J connectivity index is 1.17. The number of aromatic nitrogens is 1. The minimum atomic E-state index is -4.47. The van der Waals surface area contributed by atoms with E-state index >= 15 is 0 Å². The number of carbonyl (C=O) groups is 2. The zero-order valence-corrected chi connectivity index (χ0v) is 30.5. The third kappa shape index (κ3) is 10.4. The summed E-state index contributed by atoms with van der Waals surface area (Å²) < 4.78 is 39.7. The van der Waals surface area contributed by atoms with Gasteiger partial charge in [-0.05, 0) is 99.1 Å². The molecule has 2 aliphatic rings. The van der Waals surface area contributed by atoms with Gasteiger partial charge in [0.25, 0.3) is 11.8 Å². The first-order valence-electron chi connectivity index (χ1n) is 18.3. The summed E-state index contributed by atoms with van der Waals surface area (Å²) in [6.07, 6.45) is 0.420. The van der Waals surface area contributed by atoms with Crippen LogP contribution in [-0.4, -0.2) is 98.0 Å². The molecule has 1 aromatic heterocycles. The van der Waals surface area contributed by atoms with Crippen LogP contribution in [0.15, 0.2) is 85.1 Å². The van der Waals surface area contributed by atoms with Crippen molar-refractivity contribution in [1.29, 1.82) is 0 Å². The minimum absolute atomic E-state index is 0.0721. The van der Waals surface area contributed by atoms with Crippen molar-refractivity contribution >= 4 is 23.2 Å². The maximum atomic E-state index is 13.8. The van der Waals surface area contributed by atoms with Crippen LogP contribution in [0.5, 0.6) is 0 Å². The van der Waals surface area contributed by atoms with Crippen molar-refractivity contribution < 1.29 is 22.8 Å². The normalized spacial score (nSPS) is 15.8. The highest BCUT2D eigenvalue weighted by molar-refractivity contribution is 6.06. The van der Waals surface area contributed by atoms with Gasteiger partial charge >= 0.3 is 6.18 Å². The fourth-order valence-electron chi connectivity index (χ4n) is 6.84. The van der Waals surface area contributed by atoms with Crippen LogP contribution in [0.3, 0.4) is 0 Å². The first-order chi connectivity index (χ1) is 25.5.